The highest BCUT2D eigenvalue weighted by Crippen LogP contribution is 2.52. The molecular weight excluding hydrogens is 457 g/mol. The van der Waals surface area contributed by atoms with Crippen molar-refractivity contribution in [2.45, 2.75) is 45.7 Å². The first kappa shape index (κ1) is 23.9. The molecule has 5 rings (SSSR count). The standard InChI is InChI=1S/C28H30FN5O2/c1-17-3-4-20(15-31-17)21-10-19(11-23(29)12-21)14-32-26(35)25-13-24(9-18(2)33-25)34-8-7-28(16-30,27(34)36)22-5-6-22/h3-4,9-13,22,25,31,33H,5-8,14-15H2,1-2H3,(H,32,35). The van der Waals surface area contributed by atoms with Crippen LogP contribution in [0.4, 0.5) is 4.39 Å². The lowest BCUT2D eigenvalue weighted by Gasteiger charge is -2.27. The van der Waals surface area contributed by atoms with Gasteiger partial charge in [-0.1, -0.05) is 6.08 Å². The van der Waals surface area contributed by atoms with Crippen molar-refractivity contribution >= 4 is 17.4 Å². The maximum Gasteiger partial charge on any atom is 0.247 e. The van der Waals surface area contributed by atoms with Gasteiger partial charge in [0.1, 0.15) is 17.3 Å². The zero-order chi connectivity index (χ0) is 25.4. The van der Waals surface area contributed by atoms with Crippen LogP contribution < -0.4 is 16.0 Å². The molecule has 2 atom stereocenters. The Morgan fingerprint density at radius 2 is 2.06 bits per heavy atom. The van der Waals surface area contributed by atoms with E-state index in [1.165, 1.54) is 12.1 Å². The molecule has 3 heterocycles. The predicted octanol–water partition coefficient (Wildman–Crippen LogP) is 3.24. The molecule has 7 nitrogen and oxygen atoms in total. The molecule has 0 bridgehead atoms. The number of benzene rings is 1. The van der Waals surface area contributed by atoms with E-state index in [2.05, 4.69) is 22.0 Å². The molecule has 3 N–H and O–H groups in total. The molecule has 186 valence electrons. The molecule has 8 heteroatoms. The Kier molecular flexibility index (Phi) is 6.17. The molecule has 2 unspecified atom stereocenters. The average molecular weight is 488 g/mol. The topological polar surface area (TPSA) is 97.3 Å². The summed E-state index contributed by atoms with van der Waals surface area (Å²) in [7, 11) is 0. The largest absolute Gasteiger partial charge is 0.384 e. The molecule has 1 saturated carbocycles. The van der Waals surface area contributed by atoms with E-state index >= 15 is 0 Å². The van der Waals surface area contributed by atoms with Crippen molar-refractivity contribution in [2.24, 2.45) is 11.3 Å². The summed E-state index contributed by atoms with van der Waals surface area (Å²) in [4.78, 5) is 27.9. The molecule has 4 aliphatic rings. The number of nitriles is 1. The lowest BCUT2D eigenvalue weighted by molar-refractivity contribution is -0.132. The van der Waals surface area contributed by atoms with Crippen LogP contribution in [-0.4, -0.2) is 35.8 Å². The van der Waals surface area contributed by atoms with Crippen molar-refractivity contribution in [2.75, 3.05) is 13.1 Å². The number of hydrogen-bond acceptors (Lipinski definition) is 5. The molecule has 1 aromatic rings. The number of amides is 2. The van der Waals surface area contributed by atoms with Gasteiger partial charge in [-0.25, -0.2) is 4.39 Å². The number of carbonyl (C=O) groups excluding carboxylic acids is 2. The number of likely N-dealkylation sites (tertiary alicyclic amines) is 1. The number of nitrogens with one attached hydrogen (secondary N) is 3. The minimum atomic E-state index is -0.932. The van der Waals surface area contributed by atoms with Crippen molar-refractivity contribution in [1.82, 2.24) is 20.9 Å². The normalized spacial score (nSPS) is 25.6. The highest BCUT2D eigenvalue weighted by Gasteiger charge is 2.57. The van der Waals surface area contributed by atoms with Gasteiger partial charge in [0.2, 0.25) is 11.8 Å². The second kappa shape index (κ2) is 9.30. The van der Waals surface area contributed by atoms with Crippen molar-refractivity contribution in [3.05, 3.63) is 76.5 Å². The molecule has 3 aliphatic heterocycles. The van der Waals surface area contributed by atoms with E-state index < -0.39 is 11.5 Å². The van der Waals surface area contributed by atoms with Crippen LogP contribution in [0.3, 0.4) is 0 Å². The zero-order valence-corrected chi connectivity index (χ0v) is 20.5. The predicted molar refractivity (Wildman–Crippen MR) is 134 cm³/mol. The fourth-order valence-corrected chi connectivity index (χ4v) is 5.23. The number of nitrogens with zero attached hydrogens (tertiary/aromatic N) is 2. The van der Waals surface area contributed by atoms with E-state index in [0.29, 0.717) is 30.8 Å². The van der Waals surface area contributed by atoms with Gasteiger partial charge >= 0.3 is 0 Å². The number of dihydropyridines is 2. The van der Waals surface area contributed by atoms with Crippen molar-refractivity contribution in [1.29, 1.82) is 5.26 Å². The summed E-state index contributed by atoms with van der Waals surface area (Å²) in [5, 5.41) is 19.1. The Hall–Kier alpha value is -3.86. The summed E-state index contributed by atoms with van der Waals surface area (Å²) < 4.78 is 14.3. The SMILES string of the molecule is CC1=CC=C(c2cc(F)cc(CNC(=O)C3C=C(N4CCC(C#N)(C5CC5)C4=O)C=C(C)N3)c2)CN1. The van der Waals surface area contributed by atoms with E-state index in [1.54, 1.807) is 11.0 Å². The molecular formula is C28H30FN5O2. The van der Waals surface area contributed by atoms with Crippen LogP contribution >= 0.6 is 0 Å². The summed E-state index contributed by atoms with van der Waals surface area (Å²) >= 11 is 0. The number of hydrogen-bond donors (Lipinski definition) is 3. The number of halogens is 1. The fourth-order valence-electron chi connectivity index (χ4n) is 5.23. The maximum atomic E-state index is 14.3. The van der Waals surface area contributed by atoms with E-state index in [0.717, 1.165) is 35.4 Å². The monoisotopic (exact) mass is 487 g/mol. The summed E-state index contributed by atoms with van der Waals surface area (Å²) in [6.45, 7) is 5.07. The highest BCUT2D eigenvalue weighted by molar-refractivity contribution is 5.91. The Bertz CT molecular complexity index is 1280. The smallest absolute Gasteiger partial charge is 0.247 e. The van der Waals surface area contributed by atoms with Crippen molar-refractivity contribution in [3.8, 4) is 6.07 Å². The van der Waals surface area contributed by atoms with Gasteiger partial charge in [0.05, 0.1) is 6.07 Å². The van der Waals surface area contributed by atoms with Crippen LogP contribution in [0.15, 0.2) is 59.6 Å². The van der Waals surface area contributed by atoms with Gasteiger partial charge in [-0.05, 0) is 92.2 Å². The summed E-state index contributed by atoms with van der Waals surface area (Å²) in [6.07, 6.45) is 9.84. The number of carbonyl (C=O) groups is 2. The Labute approximate surface area is 210 Å². The van der Waals surface area contributed by atoms with E-state index in [9.17, 15) is 19.2 Å². The lowest BCUT2D eigenvalue weighted by atomic mass is 9.82. The third-order valence-electron chi connectivity index (χ3n) is 7.40. The Morgan fingerprint density at radius 3 is 2.75 bits per heavy atom. The van der Waals surface area contributed by atoms with Crippen LogP contribution in [0, 0.1) is 28.5 Å². The van der Waals surface area contributed by atoms with Gasteiger partial charge in [0, 0.05) is 36.7 Å². The molecule has 0 spiro atoms. The third-order valence-corrected chi connectivity index (χ3v) is 7.40. The van der Waals surface area contributed by atoms with Crippen LogP contribution in [0.1, 0.15) is 44.2 Å². The van der Waals surface area contributed by atoms with E-state index in [4.69, 9.17) is 0 Å². The van der Waals surface area contributed by atoms with Gasteiger partial charge in [0.15, 0.2) is 0 Å². The van der Waals surface area contributed by atoms with Gasteiger partial charge < -0.3 is 20.9 Å². The molecule has 1 aliphatic carbocycles. The second-order valence-corrected chi connectivity index (χ2v) is 10.1. The summed E-state index contributed by atoms with van der Waals surface area (Å²) in [5.74, 6) is -0.649. The Morgan fingerprint density at radius 1 is 1.25 bits per heavy atom. The first-order valence-electron chi connectivity index (χ1n) is 12.4. The highest BCUT2D eigenvalue weighted by atomic mass is 19.1. The quantitative estimate of drug-likeness (QED) is 0.573. The minimum absolute atomic E-state index is 0.142. The maximum absolute atomic E-state index is 14.3. The molecule has 36 heavy (non-hydrogen) atoms. The van der Waals surface area contributed by atoms with Gasteiger partial charge in [-0.2, -0.15) is 5.26 Å². The molecule has 0 radical (unpaired) electrons. The summed E-state index contributed by atoms with van der Waals surface area (Å²) in [6, 6.07) is 6.42. The van der Waals surface area contributed by atoms with E-state index in [1.807, 2.05) is 38.1 Å². The zero-order valence-electron chi connectivity index (χ0n) is 20.5. The number of allylic oxidation sites excluding steroid dienone is 5. The molecule has 1 saturated heterocycles. The third kappa shape index (κ3) is 4.53. The molecule has 2 fully saturated rings. The summed E-state index contributed by atoms with van der Waals surface area (Å²) in [5.41, 5.74) is 3.94. The average Bonchev–Trinajstić information content (AvgIpc) is 3.66. The van der Waals surface area contributed by atoms with Gasteiger partial charge in [-0.15, -0.1) is 0 Å². The first-order valence-corrected chi connectivity index (χ1v) is 12.4. The molecule has 2 amide bonds. The fraction of sp³-hybridized carbons (Fsp3) is 0.393. The number of rotatable bonds is 6. The molecule has 1 aromatic carbocycles. The van der Waals surface area contributed by atoms with E-state index in [-0.39, 0.29) is 30.1 Å². The minimum Gasteiger partial charge on any atom is -0.384 e. The van der Waals surface area contributed by atoms with Crippen LogP contribution in [0.5, 0.6) is 0 Å². The Balaban J connectivity index is 1.28. The molecule has 0 aromatic heterocycles. The lowest BCUT2D eigenvalue weighted by Crippen LogP contribution is -2.45. The van der Waals surface area contributed by atoms with Crippen molar-refractivity contribution in [3.63, 3.8) is 0 Å². The van der Waals surface area contributed by atoms with Gasteiger partial charge in [-0.3, -0.25) is 9.59 Å². The second-order valence-electron chi connectivity index (χ2n) is 10.1. The van der Waals surface area contributed by atoms with Crippen LogP contribution in [0.25, 0.3) is 5.57 Å². The first-order chi connectivity index (χ1) is 17.3. The van der Waals surface area contributed by atoms with Crippen molar-refractivity contribution < 1.29 is 14.0 Å². The van der Waals surface area contributed by atoms with Crippen LogP contribution in [0.2, 0.25) is 0 Å². The van der Waals surface area contributed by atoms with Crippen LogP contribution in [-0.2, 0) is 16.1 Å². The van der Waals surface area contributed by atoms with Gasteiger partial charge in [0.25, 0.3) is 0 Å².